The van der Waals surface area contributed by atoms with Crippen LogP contribution in [0.2, 0.25) is 0 Å². The fraction of sp³-hybridized carbons (Fsp3) is 0. The zero-order chi connectivity index (χ0) is 12.5. The van der Waals surface area contributed by atoms with Gasteiger partial charge in [0, 0.05) is 45.1 Å². The Morgan fingerprint density at radius 1 is 1.17 bits per heavy atom. The summed E-state index contributed by atoms with van der Waals surface area (Å²) in [5, 5.41) is 0.922. The SMILES string of the molecule is O=C(c1ccncc1)c1c[nH]c2ccc(Br)cc12. The van der Waals surface area contributed by atoms with Crippen molar-refractivity contribution in [3.63, 3.8) is 0 Å². The largest absolute Gasteiger partial charge is 0.360 e. The monoisotopic (exact) mass is 300 g/mol. The molecule has 0 amide bonds. The predicted octanol–water partition coefficient (Wildman–Crippen LogP) is 3.56. The minimum Gasteiger partial charge on any atom is -0.360 e. The number of nitrogens with zero attached hydrogens (tertiary/aromatic N) is 1. The molecule has 0 aliphatic heterocycles. The molecular weight excluding hydrogens is 292 g/mol. The number of rotatable bonds is 2. The lowest BCUT2D eigenvalue weighted by molar-refractivity contribution is 0.104. The number of hydrogen-bond donors (Lipinski definition) is 1. The normalized spacial score (nSPS) is 10.7. The second-order valence-corrected chi connectivity index (χ2v) is 4.87. The number of halogens is 1. The molecule has 3 nitrogen and oxygen atoms in total. The molecule has 0 saturated carbocycles. The van der Waals surface area contributed by atoms with Crippen LogP contribution in [0.3, 0.4) is 0 Å². The summed E-state index contributed by atoms with van der Waals surface area (Å²) in [5.41, 5.74) is 2.28. The van der Waals surface area contributed by atoms with Gasteiger partial charge in [0.1, 0.15) is 0 Å². The molecule has 0 aliphatic rings. The minimum absolute atomic E-state index is 0.00162. The molecule has 1 N–H and O–H groups in total. The number of ketones is 1. The molecule has 4 heteroatoms. The number of carbonyl (C=O) groups excluding carboxylic acids is 1. The van der Waals surface area contributed by atoms with E-state index in [4.69, 9.17) is 0 Å². The molecule has 0 aliphatic carbocycles. The van der Waals surface area contributed by atoms with E-state index in [1.807, 2.05) is 18.2 Å². The second kappa shape index (κ2) is 4.38. The molecule has 0 bridgehead atoms. The third-order valence-corrected chi connectivity index (χ3v) is 3.32. The minimum atomic E-state index is 0.00162. The zero-order valence-corrected chi connectivity index (χ0v) is 10.9. The van der Waals surface area contributed by atoms with Crippen LogP contribution in [0.4, 0.5) is 0 Å². The highest BCUT2D eigenvalue weighted by Crippen LogP contribution is 2.24. The summed E-state index contributed by atoms with van der Waals surface area (Å²) in [7, 11) is 0. The summed E-state index contributed by atoms with van der Waals surface area (Å²) in [6, 6.07) is 9.28. The molecule has 0 fully saturated rings. The summed E-state index contributed by atoms with van der Waals surface area (Å²) in [5.74, 6) is 0.00162. The van der Waals surface area contributed by atoms with Gasteiger partial charge in [-0.1, -0.05) is 15.9 Å². The van der Waals surface area contributed by atoms with Crippen LogP contribution in [0.25, 0.3) is 10.9 Å². The van der Waals surface area contributed by atoms with Crippen LogP contribution in [-0.2, 0) is 0 Å². The molecule has 0 saturated heterocycles. The van der Waals surface area contributed by atoms with E-state index in [1.165, 1.54) is 0 Å². The van der Waals surface area contributed by atoms with Crippen LogP contribution < -0.4 is 0 Å². The Labute approximate surface area is 112 Å². The number of pyridine rings is 1. The maximum atomic E-state index is 12.4. The van der Waals surface area contributed by atoms with Gasteiger partial charge in [-0.2, -0.15) is 0 Å². The Balaban J connectivity index is 2.15. The van der Waals surface area contributed by atoms with Crippen LogP contribution in [-0.4, -0.2) is 15.8 Å². The molecule has 3 aromatic rings. The summed E-state index contributed by atoms with van der Waals surface area (Å²) in [6.07, 6.45) is 5.00. The van der Waals surface area contributed by atoms with E-state index in [0.29, 0.717) is 11.1 Å². The number of aromatic nitrogens is 2. The Kier molecular flexibility index (Phi) is 2.72. The molecule has 18 heavy (non-hydrogen) atoms. The standard InChI is InChI=1S/C14H9BrN2O/c15-10-1-2-13-11(7-10)12(8-17-13)14(18)9-3-5-16-6-4-9/h1-8,17H. The van der Waals surface area contributed by atoms with Crippen molar-refractivity contribution in [2.24, 2.45) is 0 Å². The molecule has 0 atom stereocenters. The molecular formula is C14H9BrN2O. The fourth-order valence-corrected chi connectivity index (χ4v) is 2.30. The van der Waals surface area contributed by atoms with Crippen molar-refractivity contribution in [1.29, 1.82) is 0 Å². The first-order chi connectivity index (χ1) is 8.75. The highest BCUT2D eigenvalue weighted by Gasteiger charge is 2.13. The first kappa shape index (κ1) is 11.2. The lowest BCUT2D eigenvalue weighted by Crippen LogP contribution is -2.00. The Morgan fingerprint density at radius 3 is 2.72 bits per heavy atom. The third kappa shape index (κ3) is 1.84. The maximum absolute atomic E-state index is 12.4. The van der Waals surface area contributed by atoms with Gasteiger partial charge in [-0.15, -0.1) is 0 Å². The number of carbonyl (C=O) groups is 1. The van der Waals surface area contributed by atoms with Gasteiger partial charge in [0.15, 0.2) is 5.78 Å². The summed E-state index contributed by atoms with van der Waals surface area (Å²) < 4.78 is 0.957. The molecule has 1 aromatic carbocycles. The van der Waals surface area contributed by atoms with Gasteiger partial charge in [0.05, 0.1) is 0 Å². The van der Waals surface area contributed by atoms with Crippen molar-refractivity contribution in [3.05, 3.63) is 64.5 Å². The average Bonchev–Trinajstić information content (AvgIpc) is 2.82. The van der Waals surface area contributed by atoms with Crippen molar-refractivity contribution >= 4 is 32.6 Å². The topological polar surface area (TPSA) is 45.8 Å². The van der Waals surface area contributed by atoms with Crippen LogP contribution in [0.5, 0.6) is 0 Å². The molecule has 2 heterocycles. The lowest BCUT2D eigenvalue weighted by Gasteiger charge is -1.99. The first-order valence-corrected chi connectivity index (χ1v) is 6.26. The Hall–Kier alpha value is -1.94. The van der Waals surface area contributed by atoms with E-state index in [0.717, 1.165) is 15.4 Å². The highest BCUT2D eigenvalue weighted by molar-refractivity contribution is 9.10. The molecule has 3 rings (SSSR count). The quantitative estimate of drug-likeness (QED) is 0.736. The number of nitrogens with one attached hydrogen (secondary N) is 1. The highest BCUT2D eigenvalue weighted by atomic mass is 79.9. The van der Waals surface area contributed by atoms with E-state index in [9.17, 15) is 4.79 Å². The molecule has 88 valence electrons. The van der Waals surface area contributed by atoms with Crippen molar-refractivity contribution in [3.8, 4) is 0 Å². The van der Waals surface area contributed by atoms with Crippen molar-refractivity contribution in [1.82, 2.24) is 9.97 Å². The van der Waals surface area contributed by atoms with Crippen LogP contribution in [0.1, 0.15) is 15.9 Å². The maximum Gasteiger partial charge on any atom is 0.195 e. The number of H-pyrrole nitrogens is 1. The van der Waals surface area contributed by atoms with Crippen LogP contribution in [0.15, 0.2) is 53.4 Å². The third-order valence-electron chi connectivity index (χ3n) is 2.83. The van der Waals surface area contributed by atoms with E-state index in [-0.39, 0.29) is 5.78 Å². The van der Waals surface area contributed by atoms with E-state index < -0.39 is 0 Å². The lowest BCUT2D eigenvalue weighted by atomic mass is 10.0. The van der Waals surface area contributed by atoms with E-state index in [1.54, 1.807) is 30.7 Å². The Morgan fingerprint density at radius 2 is 1.94 bits per heavy atom. The van der Waals surface area contributed by atoms with E-state index in [2.05, 4.69) is 25.9 Å². The predicted molar refractivity (Wildman–Crippen MR) is 73.7 cm³/mol. The number of fused-ring (bicyclic) bond motifs is 1. The van der Waals surface area contributed by atoms with Gasteiger partial charge in [-0.25, -0.2) is 0 Å². The number of aromatic amines is 1. The van der Waals surface area contributed by atoms with E-state index >= 15 is 0 Å². The summed E-state index contributed by atoms with van der Waals surface area (Å²) >= 11 is 3.42. The van der Waals surface area contributed by atoms with Gasteiger partial charge in [0.2, 0.25) is 0 Å². The van der Waals surface area contributed by atoms with Crippen LogP contribution >= 0.6 is 15.9 Å². The van der Waals surface area contributed by atoms with Crippen LogP contribution in [0, 0.1) is 0 Å². The second-order valence-electron chi connectivity index (χ2n) is 3.96. The van der Waals surface area contributed by atoms with Gasteiger partial charge >= 0.3 is 0 Å². The molecule has 0 spiro atoms. The van der Waals surface area contributed by atoms with Crippen molar-refractivity contribution < 1.29 is 4.79 Å². The van der Waals surface area contributed by atoms with Gasteiger partial charge in [-0.3, -0.25) is 9.78 Å². The molecule has 0 radical (unpaired) electrons. The Bertz CT molecular complexity index is 719. The molecule has 2 aromatic heterocycles. The molecule has 0 unspecified atom stereocenters. The van der Waals surface area contributed by atoms with Gasteiger partial charge in [0.25, 0.3) is 0 Å². The smallest absolute Gasteiger partial charge is 0.195 e. The summed E-state index contributed by atoms with van der Waals surface area (Å²) in [4.78, 5) is 19.4. The first-order valence-electron chi connectivity index (χ1n) is 5.47. The number of hydrogen-bond acceptors (Lipinski definition) is 2. The number of benzene rings is 1. The van der Waals surface area contributed by atoms with Crippen molar-refractivity contribution in [2.75, 3.05) is 0 Å². The zero-order valence-electron chi connectivity index (χ0n) is 9.35. The van der Waals surface area contributed by atoms with Gasteiger partial charge < -0.3 is 4.98 Å². The average molecular weight is 301 g/mol. The van der Waals surface area contributed by atoms with Gasteiger partial charge in [-0.05, 0) is 30.3 Å². The summed E-state index contributed by atoms with van der Waals surface area (Å²) in [6.45, 7) is 0. The fourth-order valence-electron chi connectivity index (χ4n) is 1.94. The van der Waals surface area contributed by atoms with Crippen molar-refractivity contribution in [2.45, 2.75) is 0 Å².